The van der Waals surface area contributed by atoms with Gasteiger partial charge in [0.15, 0.2) is 0 Å². The molecule has 114 valence electrons. The molecule has 0 atom stereocenters. The molecule has 22 heavy (non-hydrogen) atoms. The van der Waals surface area contributed by atoms with Crippen molar-refractivity contribution in [3.05, 3.63) is 60.2 Å². The minimum atomic E-state index is -3.96. The van der Waals surface area contributed by atoms with Gasteiger partial charge in [-0.05, 0) is 35.9 Å². The van der Waals surface area contributed by atoms with Gasteiger partial charge >= 0.3 is 5.97 Å². The molecule has 2 aromatic rings. The van der Waals surface area contributed by atoms with Crippen molar-refractivity contribution in [3.8, 4) is 5.75 Å². The summed E-state index contributed by atoms with van der Waals surface area (Å²) >= 11 is 0. The van der Waals surface area contributed by atoms with E-state index in [-0.39, 0.29) is 4.90 Å². The fourth-order valence-corrected chi connectivity index (χ4v) is 2.84. The Labute approximate surface area is 127 Å². The van der Waals surface area contributed by atoms with Crippen LogP contribution < -0.4 is 4.72 Å². The second-order valence-electron chi connectivity index (χ2n) is 4.42. The first-order valence-corrected chi connectivity index (χ1v) is 7.63. The number of phenols is 1. The number of anilines is 1. The van der Waals surface area contributed by atoms with E-state index < -0.39 is 27.3 Å². The van der Waals surface area contributed by atoms with Crippen LogP contribution >= 0.6 is 0 Å². The van der Waals surface area contributed by atoms with Crippen molar-refractivity contribution in [1.82, 2.24) is 0 Å². The monoisotopic (exact) mass is 319 g/mol. The molecule has 0 spiro atoms. The van der Waals surface area contributed by atoms with Crippen LogP contribution in [0.25, 0.3) is 6.08 Å². The summed E-state index contributed by atoms with van der Waals surface area (Å²) in [6, 6.07) is 9.55. The van der Waals surface area contributed by atoms with Crippen molar-refractivity contribution in [2.24, 2.45) is 0 Å². The average Bonchev–Trinajstić information content (AvgIpc) is 2.47. The number of sulfonamides is 1. The summed E-state index contributed by atoms with van der Waals surface area (Å²) in [4.78, 5) is 10.7. The summed E-state index contributed by atoms with van der Waals surface area (Å²) in [5, 5.41) is 18.3. The zero-order chi connectivity index (χ0) is 16.3. The number of carboxylic acid groups (broad SMARTS) is 1. The highest BCUT2D eigenvalue weighted by molar-refractivity contribution is 7.92. The molecule has 7 heteroatoms. The van der Waals surface area contributed by atoms with Gasteiger partial charge in [0.05, 0.1) is 4.90 Å². The van der Waals surface area contributed by atoms with Crippen LogP contribution in [0.2, 0.25) is 0 Å². The first-order chi connectivity index (χ1) is 10.3. The van der Waals surface area contributed by atoms with Crippen LogP contribution in [0, 0.1) is 0 Å². The van der Waals surface area contributed by atoms with Crippen molar-refractivity contribution in [3.63, 3.8) is 0 Å². The predicted molar refractivity (Wildman–Crippen MR) is 82.4 cm³/mol. The molecule has 0 radical (unpaired) electrons. The molecule has 0 heterocycles. The number of aromatic carboxylic acids is 1. The molecule has 2 aromatic carbocycles. The van der Waals surface area contributed by atoms with E-state index in [2.05, 4.69) is 11.3 Å². The lowest BCUT2D eigenvalue weighted by atomic mass is 10.2. The van der Waals surface area contributed by atoms with Gasteiger partial charge in [-0.3, -0.25) is 4.72 Å². The first-order valence-electron chi connectivity index (χ1n) is 6.15. The Hall–Kier alpha value is -2.80. The fourth-order valence-electron chi connectivity index (χ4n) is 1.75. The minimum Gasteiger partial charge on any atom is -0.507 e. The summed E-state index contributed by atoms with van der Waals surface area (Å²) in [5.41, 5.74) is 0.682. The molecule has 0 fully saturated rings. The minimum absolute atomic E-state index is 0.254. The number of carboxylic acids is 1. The summed E-state index contributed by atoms with van der Waals surface area (Å²) in [6.07, 6.45) is 1.62. The van der Waals surface area contributed by atoms with Crippen molar-refractivity contribution in [2.75, 3.05) is 4.72 Å². The number of benzene rings is 2. The van der Waals surface area contributed by atoms with E-state index in [0.717, 1.165) is 23.8 Å². The maximum absolute atomic E-state index is 12.2. The van der Waals surface area contributed by atoms with Crippen molar-refractivity contribution >= 4 is 27.8 Å². The third kappa shape index (κ3) is 3.26. The molecule has 0 aliphatic heterocycles. The topological polar surface area (TPSA) is 104 Å². The highest BCUT2D eigenvalue weighted by Crippen LogP contribution is 2.23. The normalized spacial score (nSPS) is 10.9. The van der Waals surface area contributed by atoms with Gasteiger partial charge in [0, 0.05) is 5.69 Å². The number of carbonyl (C=O) groups is 1. The second kappa shape index (κ2) is 5.90. The van der Waals surface area contributed by atoms with Gasteiger partial charge in [-0.2, -0.15) is 0 Å². The maximum Gasteiger partial charge on any atom is 0.339 e. The zero-order valence-corrected chi connectivity index (χ0v) is 12.2. The zero-order valence-electron chi connectivity index (χ0n) is 11.4. The van der Waals surface area contributed by atoms with Crippen LogP contribution in [0.3, 0.4) is 0 Å². The standard InChI is InChI=1S/C15H13NO5S/c1-2-10-3-5-11(6-4-10)16-22(20,21)12-7-8-14(17)13(9-12)15(18)19/h2-9,16-17H,1H2,(H,18,19). The lowest BCUT2D eigenvalue weighted by molar-refractivity contribution is 0.0693. The van der Waals surface area contributed by atoms with E-state index in [1.54, 1.807) is 30.3 Å². The third-order valence-electron chi connectivity index (χ3n) is 2.91. The Morgan fingerprint density at radius 1 is 1.14 bits per heavy atom. The van der Waals surface area contributed by atoms with Crippen molar-refractivity contribution in [2.45, 2.75) is 4.90 Å². The summed E-state index contributed by atoms with van der Waals surface area (Å²) in [5.74, 6) is -1.91. The maximum atomic E-state index is 12.2. The largest absolute Gasteiger partial charge is 0.507 e. The third-order valence-corrected chi connectivity index (χ3v) is 4.29. The Morgan fingerprint density at radius 3 is 2.32 bits per heavy atom. The Kier molecular flexibility index (Phi) is 4.18. The van der Waals surface area contributed by atoms with Gasteiger partial charge in [-0.15, -0.1) is 0 Å². The number of aromatic hydroxyl groups is 1. The molecule has 3 N–H and O–H groups in total. The van der Waals surface area contributed by atoms with E-state index in [4.69, 9.17) is 5.11 Å². The van der Waals surface area contributed by atoms with Gasteiger partial charge < -0.3 is 10.2 Å². The Balaban J connectivity index is 2.35. The number of nitrogens with one attached hydrogen (secondary N) is 1. The Morgan fingerprint density at radius 2 is 1.77 bits per heavy atom. The molecule has 0 amide bonds. The van der Waals surface area contributed by atoms with Crippen LogP contribution in [0.1, 0.15) is 15.9 Å². The van der Waals surface area contributed by atoms with Gasteiger partial charge in [-0.1, -0.05) is 24.8 Å². The highest BCUT2D eigenvalue weighted by Gasteiger charge is 2.18. The van der Waals surface area contributed by atoms with Crippen LogP contribution in [-0.4, -0.2) is 24.6 Å². The van der Waals surface area contributed by atoms with Gasteiger partial charge in [0.2, 0.25) is 0 Å². The molecule has 2 rings (SSSR count). The summed E-state index contributed by atoms with van der Waals surface area (Å²) in [7, 11) is -3.96. The molecule has 0 bridgehead atoms. The molecule has 0 unspecified atom stereocenters. The molecule has 0 aliphatic rings. The molecule has 0 aliphatic carbocycles. The number of rotatable bonds is 5. The quantitative estimate of drug-likeness (QED) is 0.785. The van der Waals surface area contributed by atoms with Crippen molar-refractivity contribution in [1.29, 1.82) is 0 Å². The second-order valence-corrected chi connectivity index (χ2v) is 6.10. The van der Waals surface area contributed by atoms with Crippen LogP contribution in [-0.2, 0) is 10.0 Å². The fraction of sp³-hybridized carbons (Fsp3) is 0. The molecular weight excluding hydrogens is 306 g/mol. The lowest BCUT2D eigenvalue weighted by Crippen LogP contribution is -2.13. The molecule has 6 nitrogen and oxygen atoms in total. The van der Waals surface area contributed by atoms with E-state index >= 15 is 0 Å². The van der Waals surface area contributed by atoms with E-state index in [0.29, 0.717) is 5.69 Å². The van der Waals surface area contributed by atoms with Crippen molar-refractivity contribution < 1.29 is 23.4 Å². The number of hydrogen-bond acceptors (Lipinski definition) is 4. The first kappa shape index (κ1) is 15.6. The van der Waals surface area contributed by atoms with E-state index in [9.17, 15) is 18.3 Å². The molecular formula is C15H13NO5S. The van der Waals surface area contributed by atoms with E-state index in [1.807, 2.05) is 0 Å². The highest BCUT2D eigenvalue weighted by atomic mass is 32.2. The smallest absolute Gasteiger partial charge is 0.339 e. The van der Waals surface area contributed by atoms with E-state index in [1.165, 1.54) is 0 Å². The van der Waals surface area contributed by atoms with Crippen LogP contribution in [0.15, 0.2) is 53.9 Å². The van der Waals surface area contributed by atoms with Gasteiger partial charge in [0.1, 0.15) is 11.3 Å². The Bertz CT molecular complexity index is 826. The molecule has 0 saturated heterocycles. The molecule has 0 aromatic heterocycles. The average molecular weight is 319 g/mol. The number of hydrogen-bond donors (Lipinski definition) is 3. The van der Waals surface area contributed by atoms with Gasteiger partial charge in [0.25, 0.3) is 10.0 Å². The van der Waals surface area contributed by atoms with Gasteiger partial charge in [-0.25, -0.2) is 13.2 Å². The predicted octanol–water partition coefficient (Wildman–Crippen LogP) is 2.53. The summed E-state index contributed by atoms with van der Waals surface area (Å²) < 4.78 is 26.8. The van der Waals surface area contributed by atoms with Crippen LogP contribution in [0.4, 0.5) is 5.69 Å². The van der Waals surface area contributed by atoms with Crippen LogP contribution in [0.5, 0.6) is 5.75 Å². The summed E-state index contributed by atoms with van der Waals surface area (Å²) in [6.45, 7) is 3.60. The SMILES string of the molecule is C=Cc1ccc(NS(=O)(=O)c2ccc(O)c(C(=O)O)c2)cc1. The molecule has 0 saturated carbocycles. The lowest BCUT2D eigenvalue weighted by Gasteiger charge is -2.09.